The number of nitrogens with zero attached hydrogens (tertiary/aromatic N) is 7. The Morgan fingerprint density at radius 2 is 1.80 bits per heavy atom. The molecule has 136 valence electrons. The lowest BCUT2D eigenvalue weighted by atomic mass is 10.1. The predicted octanol–water partition coefficient (Wildman–Crippen LogP) is 0.587. The Kier molecular flexibility index (Phi) is 4.33. The van der Waals surface area contributed by atoms with Gasteiger partial charge in [-0.2, -0.15) is 0 Å². The molecule has 0 aliphatic carbocycles. The van der Waals surface area contributed by atoms with Gasteiger partial charge in [0.1, 0.15) is 0 Å². The first kappa shape index (κ1) is 16.0. The SMILES string of the molecule is Cn1c(N)nnc1N1CCCC(Nc2nnc(N3CCCCC3)[nH]2)C1. The third kappa shape index (κ3) is 3.33. The van der Waals surface area contributed by atoms with E-state index in [2.05, 4.69) is 40.5 Å². The zero-order valence-corrected chi connectivity index (χ0v) is 14.6. The topological polar surface area (TPSA) is 117 Å². The Morgan fingerprint density at radius 1 is 1.00 bits per heavy atom. The van der Waals surface area contributed by atoms with Crippen LogP contribution in [0.3, 0.4) is 0 Å². The number of nitrogen functional groups attached to an aromatic ring is 1. The highest BCUT2D eigenvalue weighted by Crippen LogP contribution is 2.21. The molecule has 0 radical (unpaired) electrons. The van der Waals surface area contributed by atoms with E-state index in [1.165, 1.54) is 19.3 Å². The van der Waals surface area contributed by atoms with Crippen LogP contribution < -0.4 is 20.9 Å². The predicted molar refractivity (Wildman–Crippen MR) is 96.7 cm³/mol. The Hall–Kier alpha value is -2.52. The number of nitrogens with one attached hydrogen (secondary N) is 2. The molecule has 10 nitrogen and oxygen atoms in total. The van der Waals surface area contributed by atoms with Gasteiger partial charge in [0.15, 0.2) is 0 Å². The Morgan fingerprint density at radius 3 is 2.56 bits per heavy atom. The van der Waals surface area contributed by atoms with Gasteiger partial charge in [0.2, 0.25) is 23.8 Å². The minimum Gasteiger partial charge on any atom is -0.368 e. The van der Waals surface area contributed by atoms with Crippen molar-refractivity contribution in [3.05, 3.63) is 0 Å². The molecule has 1 atom stereocenters. The van der Waals surface area contributed by atoms with Crippen molar-refractivity contribution in [2.75, 3.05) is 47.0 Å². The summed E-state index contributed by atoms with van der Waals surface area (Å²) in [6.07, 6.45) is 5.92. The monoisotopic (exact) mass is 346 g/mol. The molecule has 1 unspecified atom stereocenters. The maximum atomic E-state index is 5.80. The molecule has 4 heterocycles. The van der Waals surface area contributed by atoms with Crippen LogP contribution in [0.2, 0.25) is 0 Å². The van der Waals surface area contributed by atoms with Crippen molar-refractivity contribution in [2.45, 2.75) is 38.1 Å². The molecule has 10 heteroatoms. The summed E-state index contributed by atoms with van der Waals surface area (Å²) in [6, 6.07) is 0.286. The molecule has 2 saturated heterocycles. The molecule has 2 fully saturated rings. The van der Waals surface area contributed by atoms with Crippen LogP contribution in [0.5, 0.6) is 0 Å². The second-order valence-electron chi connectivity index (χ2n) is 6.89. The van der Waals surface area contributed by atoms with Crippen molar-refractivity contribution in [1.29, 1.82) is 0 Å². The Balaban J connectivity index is 1.39. The van der Waals surface area contributed by atoms with E-state index in [1.807, 2.05) is 11.6 Å². The van der Waals surface area contributed by atoms with E-state index >= 15 is 0 Å². The first-order valence-electron chi connectivity index (χ1n) is 9.04. The molecular formula is C15H26N10. The maximum Gasteiger partial charge on any atom is 0.228 e. The number of hydrogen-bond donors (Lipinski definition) is 3. The summed E-state index contributed by atoms with van der Waals surface area (Å²) >= 11 is 0. The molecular weight excluding hydrogens is 320 g/mol. The summed E-state index contributed by atoms with van der Waals surface area (Å²) in [7, 11) is 1.89. The molecule has 25 heavy (non-hydrogen) atoms. The number of nitrogens with two attached hydrogens (primary N) is 1. The zero-order chi connectivity index (χ0) is 17.2. The van der Waals surface area contributed by atoms with Gasteiger partial charge >= 0.3 is 0 Å². The van der Waals surface area contributed by atoms with E-state index in [0.717, 1.165) is 56.9 Å². The van der Waals surface area contributed by atoms with E-state index in [9.17, 15) is 0 Å². The zero-order valence-electron chi connectivity index (χ0n) is 14.6. The van der Waals surface area contributed by atoms with E-state index in [4.69, 9.17) is 5.73 Å². The van der Waals surface area contributed by atoms with Crippen LogP contribution in [0.25, 0.3) is 0 Å². The maximum absolute atomic E-state index is 5.80. The number of hydrogen-bond acceptors (Lipinski definition) is 8. The van der Waals surface area contributed by atoms with Crippen LogP contribution in [0, 0.1) is 0 Å². The van der Waals surface area contributed by atoms with Gasteiger partial charge in [0.25, 0.3) is 0 Å². The van der Waals surface area contributed by atoms with Crippen molar-refractivity contribution in [3.8, 4) is 0 Å². The lowest BCUT2D eigenvalue weighted by molar-refractivity contribution is 0.516. The smallest absolute Gasteiger partial charge is 0.228 e. The van der Waals surface area contributed by atoms with Crippen LogP contribution in [0.4, 0.5) is 23.8 Å². The summed E-state index contributed by atoms with van der Waals surface area (Å²) in [5.41, 5.74) is 5.80. The number of rotatable bonds is 4. The minimum atomic E-state index is 0.286. The summed E-state index contributed by atoms with van der Waals surface area (Å²) in [4.78, 5) is 7.81. The molecule has 4 rings (SSSR count). The summed E-state index contributed by atoms with van der Waals surface area (Å²) in [5.74, 6) is 2.86. The molecule has 2 aliphatic heterocycles. The summed E-state index contributed by atoms with van der Waals surface area (Å²) in [6.45, 7) is 3.91. The summed E-state index contributed by atoms with van der Waals surface area (Å²) < 4.78 is 1.82. The van der Waals surface area contributed by atoms with Gasteiger partial charge in [0, 0.05) is 39.3 Å². The third-order valence-electron chi connectivity index (χ3n) is 5.06. The molecule has 2 aromatic heterocycles. The van der Waals surface area contributed by atoms with Crippen molar-refractivity contribution in [1.82, 2.24) is 29.9 Å². The van der Waals surface area contributed by atoms with Crippen molar-refractivity contribution < 1.29 is 0 Å². The first-order valence-corrected chi connectivity index (χ1v) is 9.04. The van der Waals surface area contributed by atoms with Gasteiger partial charge in [0.05, 0.1) is 0 Å². The lowest BCUT2D eigenvalue weighted by Crippen LogP contribution is -2.43. The first-order chi connectivity index (χ1) is 12.2. The fourth-order valence-corrected chi connectivity index (χ4v) is 3.64. The quantitative estimate of drug-likeness (QED) is 0.736. The molecule has 0 aromatic carbocycles. The van der Waals surface area contributed by atoms with Gasteiger partial charge in [-0.25, -0.2) is 0 Å². The molecule has 4 N–H and O–H groups in total. The van der Waals surface area contributed by atoms with Crippen LogP contribution in [-0.4, -0.2) is 62.2 Å². The van der Waals surface area contributed by atoms with E-state index < -0.39 is 0 Å². The Labute approximate surface area is 146 Å². The van der Waals surface area contributed by atoms with Gasteiger partial charge in [-0.15, -0.1) is 20.4 Å². The molecule has 0 saturated carbocycles. The van der Waals surface area contributed by atoms with Gasteiger partial charge in [-0.3, -0.25) is 9.55 Å². The fraction of sp³-hybridized carbons (Fsp3) is 0.733. The van der Waals surface area contributed by atoms with Crippen molar-refractivity contribution >= 4 is 23.8 Å². The lowest BCUT2D eigenvalue weighted by Gasteiger charge is -2.33. The van der Waals surface area contributed by atoms with Gasteiger partial charge in [-0.05, 0) is 32.1 Å². The van der Waals surface area contributed by atoms with Crippen LogP contribution in [0.1, 0.15) is 32.1 Å². The standard InChI is InChI=1S/C15H26N10/c1-23-12(16)19-22-15(23)25-9-5-6-11(10-25)17-13-18-14(21-20-13)24-7-3-2-4-8-24/h11H,2-10H2,1H3,(H2,16,19)(H2,17,18,20,21). The van der Waals surface area contributed by atoms with Crippen molar-refractivity contribution in [2.24, 2.45) is 7.05 Å². The Bertz CT molecular complexity index is 701. The highest BCUT2D eigenvalue weighted by molar-refractivity contribution is 5.40. The molecule has 0 spiro atoms. The highest BCUT2D eigenvalue weighted by atomic mass is 15.4. The van der Waals surface area contributed by atoms with Crippen LogP contribution >= 0.6 is 0 Å². The van der Waals surface area contributed by atoms with E-state index in [1.54, 1.807) is 0 Å². The molecule has 2 aromatic rings. The van der Waals surface area contributed by atoms with Gasteiger partial charge in [-0.1, -0.05) is 0 Å². The number of aromatic amines is 1. The average molecular weight is 346 g/mol. The number of aromatic nitrogens is 6. The summed E-state index contributed by atoms with van der Waals surface area (Å²) in [5, 5.41) is 20.2. The minimum absolute atomic E-state index is 0.286. The second-order valence-corrected chi connectivity index (χ2v) is 6.89. The molecule has 0 amide bonds. The fourth-order valence-electron chi connectivity index (χ4n) is 3.64. The molecule has 0 bridgehead atoms. The van der Waals surface area contributed by atoms with Crippen LogP contribution in [0.15, 0.2) is 0 Å². The number of piperidine rings is 2. The van der Waals surface area contributed by atoms with E-state index in [0.29, 0.717) is 5.95 Å². The average Bonchev–Trinajstić information content (AvgIpc) is 3.24. The number of anilines is 4. The van der Waals surface area contributed by atoms with Gasteiger partial charge < -0.3 is 20.9 Å². The van der Waals surface area contributed by atoms with E-state index in [-0.39, 0.29) is 6.04 Å². The van der Waals surface area contributed by atoms with Crippen LogP contribution in [-0.2, 0) is 7.05 Å². The second kappa shape index (κ2) is 6.77. The largest absolute Gasteiger partial charge is 0.368 e. The normalized spacial score (nSPS) is 21.6. The molecule has 2 aliphatic rings. The number of H-pyrrole nitrogens is 1. The van der Waals surface area contributed by atoms with Crippen molar-refractivity contribution in [3.63, 3.8) is 0 Å². The highest BCUT2D eigenvalue weighted by Gasteiger charge is 2.24. The third-order valence-corrected chi connectivity index (χ3v) is 5.06.